The lowest BCUT2D eigenvalue weighted by molar-refractivity contribution is -0.749. The zero-order valence-corrected chi connectivity index (χ0v) is 10.3. The highest BCUT2D eigenvalue weighted by molar-refractivity contribution is 6.27. The molecule has 0 heterocycles. The molecule has 0 fully saturated rings. The lowest BCUT2D eigenvalue weighted by Crippen LogP contribution is -2.09. The predicted octanol–water partition coefficient (Wildman–Crippen LogP) is -3.69. The SMILES string of the molecule is O.O.O=C(O)C(=O)O.O=O.OCCO.OO.OOOOOO. The molecule has 0 aliphatic heterocycles. The van der Waals surface area contributed by atoms with E-state index in [1.54, 1.807) is 0 Å². The van der Waals surface area contributed by atoms with Gasteiger partial charge >= 0.3 is 11.9 Å². The number of aliphatic hydroxyl groups excluding tert-OH is 2. The molecule has 0 bridgehead atoms. The molecule has 0 unspecified atom stereocenters. The maximum Gasteiger partial charge on any atom is 0.414 e. The Balaban J connectivity index is -0.0000000267. The molecule has 0 aromatic carbocycles. The van der Waals surface area contributed by atoms with Crippen molar-refractivity contribution in [3.8, 4) is 0 Å². The van der Waals surface area contributed by atoms with Crippen LogP contribution in [0.2, 0.25) is 0 Å². The molecule has 0 amide bonds. The van der Waals surface area contributed by atoms with Gasteiger partial charge < -0.3 is 31.4 Å². The minimum absolute atomic E-state index is 0. The van der Waals surface area contributed by atoms with E-state index in [1.807, 2.05) is 0 Å². The maximum absolute atomic E-state index is 9.10. The highest BCUT2D eigenvalue weighted by Gasteiger charge is 2.04. The smallest absolute Gasteiger partial charge is 0.414 e. The zero-order chi connectivity index (χ0) is 17.4. The largest absolute Gasteiger partial charge is 0.473 e. The first-order valence-electron chi connectivity index (χ1n) is 3.47. The fourth-order valence-electron chi connectivity index (χ4n) is 0.0248. The number of aliphatic hydroxyl groups is 2. The summed E-state index contributed by atoms with van der Waals surface area (Å²) >= 11 is 0. The molecule has 0 rings (SSSR count). The van der Waals surface area contributed by atoms with Crippen LogP contribution in [0.4, 0.5) is 0 Å². The van der Waals surface area contributed by atoms with Crippen molar-refractivity contribution in [3.63, 3.8) is 0 Å². The molecule has 140 valence electrons. The van der Waals surface area contributed by atoms with Gasteiger partial charge in [-0.15, -0.1) is 0 Å². The van der Waals surface area contributed by atoms with Gasteiger partial charge in [-0.3, -0.25) is 10.5 Å². The van der Waals surface area contributed by atoms with Crippen LogP contribution >= 0.6 is 0 Å². The molecule has 0 spiro atoms. The number of hydrogen-bond acceptors (Lipinski definition) is 14. The van der Waals surface area contributed by atoms with Gasteiger partial charge in [0.1, 0.15) is 0 Å². The van der Waals surface area contributed by atoms with Gasteiger partial charge in [0.2, 0.25) is 0 Å². The first-order chi connectivity index (χ1) is 9.47. The second kappa shape index (κ2) is 61.4. The van der Waals surface area contributed by atoms with Crippen LogP contribution < -0.4 is 0 Å². The van der Waals surface area contributed by atoms with E-state index in [2.05, 4.69) is 20.2 Å². The molecule has 0 aliphatic rings. The van der Waals surface area contributed by atoms with Crippen molar-refractivity contribution in [1.82, 2.24) is 0 Å². The first-order valence-corrected chi connectivity index (χ1v) is 3.47. The molecule has 0 atom stereocenters. The lowest BCUT2D eigenvalue weighted by Gasteiger charge is -1.84. The van der Waals surface area contributed by atoms with Crippen molar-refractivity contribution in [3.05, 3.63) is 9.93 Å². The molecule has 0 aromatic rings. The van der Waals surface area contributed by atoms with Crippen LogP contribution in [0.1, 0.15) is 0 Å². The van der Waals surface area contributed by atoms with Crippen molar-refractivity contribution in [1.29, 1.82) is 0 Å². The van der Waals surface area contributed by atoms with Gasteiger partial charge in [0.05, 0.1) is 13.2 Å². The second-order valence-corrected chi connectivity index (χ2v) is 1.34. The van der Waals surface area contributed by atoms with E-state index < -0.39 is 11.9 Å². The third-order valence-corrected chi connectivity index (χ3v) is 0.372. The number of rotatable bonds is 4. The van der Waals surface area contributed by atoms with E-state index in [9.17, 15) is 0 Å². The summed E-state index contributed by atoms with van der Waals surface area (Å²) in [6, 6.07) is 0. The van der Waals surface area contributed by atoms with Crippen LogP contribution in [-0.4, -0.2) is 77.6 Å². The molecular weight excluding hydrogens is 336 g/mol. The molecule has 18 nitrogen and oxygen atoms in total. The Morgan fingerprint density at radius 3 is 0.955 bits per heavy atom. The molecule has 0 aliphatic carbocycles. The molecule has 0 saturated carbocycles. The molecule has 0 radical (unpaired) electrons. The average Bonchev–Trinajstić information content (AvgIpc) is 2.50. The van der Waals surface area contributed by atoms with Crippen LogP contribution in [0.15, 0.2) is 0 Å². The fourth-order valence-corrected chi connectivity index (χ4v) is 0.0248. The van der Waals surface area contributed by atoms with Crippen LogP contribution in [0.3, 0.4) is 0 Å². The van der Waals surface area contributed by atoms with Crippen molar-refractivity contribution in [2.24, 2.45) is 0 Å². The highest BCUT2D eigenvalue weighted by atomic mass is 17.8. The van der Waals surface area contributed by atoms with Gasteiger partial charge in [-0.2, -0.15) is 0 Å². The van der Waals surface area contributed by atoms with Crippen LogP contribution in [0, 0.1) is 9.93 Å². The summed E-state index contributed by atoms with van der Waals surface area (Å²) in [5.74, 6) is -3.65. The van der Waals surface area contributed by atoms with E-state index in [0.717, 1.165) is 0 Å². The molecule has 0 saturated heterocycles. The molecule has 0 aromatic heterocycles. The minimum atomic E-state index is -1.82. The molecule has 18 heteroatoms. The Bertz CT molecular complexity index is 150. The summed E-state index contributed by atoms with van der Waals surface area (Å²) in [7, 11) is 0. The maximum atomic E-state index is 9.10. The van der Waals surface area contributed by atoms with Crippen LogP contribution in [-0.2, 0) is 29.7 Å². The summed E-state index contributed by atoms with van der Waals surface area (Å²) in [5, 5.41) is 68.0. The number of aliphatic carboxylic acids is 2. The van der Waals surface area contributed by atoms with Gasteiger partial charge in [-0.05, 0) is 20.2 Å². The Labute approximate surface area is 118 Å². The summed E-state index contributed by atoms with van der Waals surface area (Å²) in [6.45, 7) is -0.250. The number of carbonyl (C=O) groups is 2. The molecule has 12 N–H and O–H groups in total. The summed E-state index contributed by atoms with van der Waals surface area (Å²) in [6.07, 6.45) is 0. The quantitative estimate of drug-likeness (QED) is 0.104. The van der Waals surface area contributed by atoms with E-state index >= 15 is 0 Å². The number of carboxylic acids is 2. The van der Waals surface area contributed by atoms with E-state index in [4.69, 9.17) is 61.0 Å². The lowest BCUT2D eigenvalue weighted by atomic mass is 10.7. The molecular formula is C4H16O18. The highest BCUT2D eigenvalue weighted by Crippen LogP contribution is 1.72. The van der Waals surface area contributed by atoms with E-state index in [1.165, 1.54) is 0 Å². The second-order valence-electron chi connectivity index (χ2n) is 1.34. The normalized spacial score (nSPS) is 6.27. The third kappa shape index (κ3) is 143. The minimum Gasteiger partial charge on any atom is -0.473 e. The van der Waals surface area contributed by atoms with Crippen molar-refractivity contribution in [2.75, 3.05) is 13.2 Å². The Morgan fingerprint density at radius 1 is 0.727 bits per heavy atom. The standard InChI is InChI=1S/C2H2O4.C2H6O2.H2O6.H2O2.O2.2H2O/c3-1(4)2(5)6;3-1-2-4;1-3-5-6-4-2;2*1-2;;/h(H,3,4)(H,5,6);3-4H,1-2H2;1-2H;1-2H;;2*1H2. The summed E-state index contributed by atoms with van der Waals surface area (Å²) in [5.41, 5.74) is 0. The summed E-state index contributed by atoms with van der Waals surface area (Å²) in [4.78, 5) is 32.2. The Kier molecular flexibility index (Phi) is 119. The Morgan fingerprint density at radius 2 is 0.909 bits per heavy atom. The van der Waals surface area contributed by atoms with Crippen LogP contribution in [0.5, 0.6) is 0 Å². The van der Waals surface area contributed by atoms with Gasteiger partial charge in [0.25, 0.3) is 0 Å². The first kappa shape index (κ1) is 42.7. The van der Waals surface area contributed by atoms with Gasteiger partial charge in [0, 0.05) is 9.93 Å². The van der Waals surface area contributed by atoms with Crippen LogP contribution in [0.25, 0.3) is 0 Å². The third-order valence-electron chi connectivity index (χ3n) is 0.372. The van der Waals surface area contributed by atoms with Crippen molar-refractivity contribution >= 4 is 11.9 Å². The van der Waals surface area contributed by atoms with Gasteiger partial charge in [-0.25, -0.2) is 20.1 Å². The topological polar surface area (TPSA) is 330 Å². The molecule has 22 heavy (non-hydrogen) atoms. The van der Waals surface area contributed by atoms with Gasteiger partial charge in [0.15, 0.2) is 0 Å². The van der Waals surface area contributed by atoms with Crippen molar-refractivity contribution < 1.29 is 82.1 Å². The number of hydrogen-bond donors (Lipinski definition) is 8. The predicted molar refractivity (Wildman–Crippen MR) is 58.3 cm³/mol. The van der Waals surface area contributed by atoms with Gasteiger partial charge in [-0.1, -0.05) is 0 Å². The summed E-state index contributed by atoms with van der Waals surface area (Å²) < 4.78 is 0. The van der Waals surface area contributed by atoms with E-state index in [0.29, 0.717) is 0 Å². The van der Waals surface area contributed by atoms with Crippen molar-refractivity contribution in [2.45, 2.75) is 0 Å². The fraction of sp³-hybridized carbons (Fsp3) is 0.500. The zero-order valence-electron chi connectivity index (χ0n) is 10.3. The average molecular weight is 352 g/mol. The monoisotopic (exact) mass is 352 g/mol. The van der Waals surface area contributed by atoms with E-state index in [-0.39, 0.29) is 24.2 Å². The number of carboxylic acid groups (broad SMARTS) is 2. The Hall–Kier alpha value is -1.94.